The average Bonchev–Trinajstić information content (AvgIpc) is 2.84. The average molecular weight is 518 g/mol. The normalized spacial score (nSPS) is 22.0. The zero-order valence-electron chi connectivity index (χ0n) is 19.2. The minimum absolute atomic E-state index is 0. The highest BCUT2D eigenvalue weighted by Gasteiger charge is 2.42. The first-order valence-corrected chi connectivity index (χ1v) is 14.3. The molecule has 33 heavy (non-hydrogen) atoms. The van der Waals surface area contributed by atoms with E-state index in [9.17, 15) is 22.8 Å². The molecule has 0 saturated carbocycles. The van der Waals surface area contributed by atoms with Crippen LogP contribution in [0.25, 0.3) is 0 Å². The van der Waals surface area contributed by atoms with Gasteiger partial charge in [-0.25, -0.2) is 8.42 Å². The second kappa shape index (κ2) is 10.9. The Labute approximate surface area is 202 Å². The molecule has 3 N–H and O–H groups in total. The van der Waals surface area contributed by atoms with Crippen LogP contribution >= 0.6 is 20.0 Å². The molecule has 0 fully saturated rings. The lowest BCUT2D eigenvalue weighted by atomic mass is 9.88. The fourth-order valence-electron chi connectivity index (χ4n) is 4.46. The Morgan fingerprint density at radius 2 is 1.85 bits per heavy atom. The van der Waals surface area contributed by atoms with Crippen LogP contribution in [0.1, 0.15) is 62.3 Å². The van der Waals surface area contributed by atoms with Crippen LogP contribution in [0.5, 0.6) is 5.75 Å². The van der Waals surface area contributed by atoms with Crippen LogP contribution in [0.3, 0.4) is 0 Å². The van der Waals surface area contributed by atoms with Crippen molar-refractivity contribution in [1.82, 2.24) is 5.32 Å². The largest absolute Gasteiger partial charge is 0.496 e. The third-order valence-electron chi connectivity index (χ3n) is 6.17. The summed E-state index contributed by atoms with van der Waals surface area (Å²) in [5, 5.41) is 3.67. The zero-order chi connectivity index (χ0) is 23.6. The third-order valence-corrected chi connectivity index (χ3v) is 8.88. The van der Waals surface area contributed by atoms with E-state index >= 15 is 0 Å². The van der Waals surface area contributed by atoms with Crippen molar-refractivity contribution in [3.8, 4) is 5.75 Å². The molecule has 0 unspecified atom stereocenters. The molecule has 1 aliphatic heterocycles. The zero-order valence-corrected chi connectivity index (χ0v) is 21.7. The lowest BCUT2D eigenvalue weighted by molar-refractivity contribution is 0.294. The summed E-state index contributed by atoms with van der Waals surface area (Å²) in [5.41, 5.74) is 1.03. The van der Waals surface area contributed by atoms with Crippen molar-refractivity contribution in [3.63, 3.8) is 0 Å². The maximum atomic E-state index is 13.7. The lowest BCUT2D eigenvalue weighted by Crippen LogP contribution is -2.50. The summed E-state index contributed by atoms with van der Waals surface area (Å²) in [6.07, 6.45) is 2.60. The van der Waals surface area contributed by atoms with Crippen LogP contribution in [0.2, 0.25) is 0 Å². The minimum atomic E-state index is -4.43. The standard InChI is InChI=1S/C23H32NO6PS.ClH/c1-4-6-12-23(5-2)16-32(28,29)21-13-18(15-31(25,26)27)20(30-3)14-19(21)22(24-23)17-10-8-7-9-11-17;/h7-11,13-14,22,24H,4-6,12,15-16H2,1-3H3,(H2,25,26,27);1H/t22-,23-;/m1./s1. The minimum Gasteiger partial charge on any atom is -0.496 e. The third kappa shape index (κ3) is 6.38. The monoisotopic (exact) mass is 517 g/mol. The van der Waals surface area contributed by atoms with E-state index in [-0.39, 0.29) is 34.4 Å². The molecule has 184 valence electrons. The molecule has 0 aromatic heterocycles. The van der Waals surface area contributed by atoms with Crippen LogP contribution in [0, 0.1) is 0 Å². The molecule has 3 rings (SSSR count). The van der Waals surface area contributed by atoms with E-state index in [2.05, 4.69) is 12.2 Å². The van der Waals surface area contributed by atoms with E-state index < -0.39 is 35.2 Å². The van der Waals surface area contributed by atoms with Crippen molar-refractivity contribution in [2.24, 2.45) is 0 Å². The van der Waals surface area contributed by atoms with Crippen LogP contribution in [0.4, 0.5) is 0 Å². The Morgan fingerprint density at radius 3 is 2.39 bits per heavy atom. The molecule has 2 aromatic carbocycles. The van der Waals surface area contributed by atoms with Gasteiger partial charge in [-0.1, -0.05) is 57.0 Å². The highest BCUT2D eigenvalue weighted by Crippen LogP contribution is 2.45. The fourth-order valence-corrected chi connectivity index (χ4v) is 7.33. The van der Waals surface area contributed by atoms with Crippen molar-refractivity contribution in [3.05, 3.63) is 59.2 Å². The molecule has 0 bridgehead atoms. The molecule has 0 aliphatic carbocycles. The Kier molecular flexibility index (Phi) is 9.19. The number of ether oxygens (including phenoxy) is 1. The molecular weight excluding hydrogens is 485 g/mol. The number of sulfone groups is 1. The van der Waals surface area contributed by atoms with Crippen molar-refractivity contribution in [2.45, 2.75) is 62.2 Å². The Balaban J connectivity index is 0.00000385. The molecule has 0 amide bonds. The number of benzene rings is 2. The number of unbranched alkanes of at least 4 members (excludes halogenated alkanes) is 1. The van der Waals surface area contributed by atoms with Crippen molar-refractivity contribution < 1.29 is 27.5 Å². The van der Waals surface area contributed by atoms with Gasteiger partial charge in [-0.2, -0.15) is 0 Å². The predicted molar refractivity (Wildman–Crippen MR) is 132 cm³/mol. The number of hydrogen-bond donors (Lipinski definition) is 3. The van der Waals surface area contributed by atoms with Gasteiger partial charge < -0.3 is 14.5 Å². The number of hydrogen-bond acceptors (Lipinski definition) is 5. The molecule has 1 aliphatic rings. The fraction of sp³-hybridized carbons (Fsp3) is 0.478. The van der Waals surface area contributed by atoms with Crippen LogP contribution < -0.4 is 10.1 Å². The SMILES string of the molecule is CCCC[C@]1(CC)CS(=O)(=O)c2cc(CP(=O)(O)O)c(OC)cc2[C@@H](c2ccccc2)N1.Cl. The van der Waals surface area contributed by atoms with Crippen LogP contribution in [-0.2, 0) is 20.6 Å². The predicted octanol–water partition coefficient (Wildman–Crippen LogP) is 4.60. The second-order valence-corrected chi connectivity index (χ2v) is 12.1. The van der Waals surface area contributed by atoms with Gasteiger partial charge in [0.05, 0.1) is 30.0 Å². The summed E-state index contributed by atoms with van der Waals surface area (Å²) < 4.78 is 44.4. The summed E-state index contributed by atoms with van der Waals surface area (Å²) >= 11 is 0. The maximum absolute atomic E-state index is 13.7. The Morgan fingerprint density at radius 1 is 1.18 bits per heavy atom. The molecule has 0 radical (unpaired) electrons. The highest BCUT2D eigenvalue weighted by atomic mass is 35.5. The number of rotatable bonds is 8. The van der Waals surface area contributed by atoms with E-state index in [4.69, 9.17) is 4.74 Å². The maximum Gasteiger partial charge on any atom is 0.330 e. The number of fused-ring (bicyclic) bond motifs is 1. The van der Waals surface area contributed by atoms with Gasteiger partial charge in [-0.3, -0.25) is 9.88 Å². The summed E-state index contributed by atoms with van der Waals surface area (Å²) in [5.74, 6) is 0.191. The van der Waals surface area contributed by atoms with Gasteiger partial charge in [-0.15, -0.1) is 12.4 Å². The first kappa shape index (κ1) is 27.8. The molecule has 0 saturated heterocycles. The summed E-state index contributed by atoms with van der Waals surface area (Å²) in [6.45, 7) is 4.08. The van der Waals surface area contributed by atoms with Crippen molar-refractivity contribution in [2.75, 3.05) is 12.9 Å². The van der Waals surface area contributed by atoms with Gasteiger partial charge in [0.15, 0.2) is 9.84 Å². The molecule has 0 spiro atoms. The number of halogens is 1. The molecule has 2 atom stereocenters. The number of methoxy groups -OCH3 is 1. The van der Waals surface area contributed by atoms with E-state index in [1.165, 1.54) is 13.2 Å². The van der Waals surface area contributed by atoms with E-state index in [0.29, 0.717) is 18.4 Å². The second-order valence-electron chi connectivity index (χ2n) is 8.51. The topological polar surface area (TPSA) is 113 Å². The molecule has 2 aromatic rings. The smallest absolute Gasteiger partial charge is 0.330 e. The Bertz CT molecular complexity index is 1110. The van der Waals surface area contributed by atoms with Crippen molar-refractivity contribution in [1.29, 1.82) is 0 Å². The molecule has 10 heteroatoms. The van der Waals surface area contributed by atoms with Crippen LogP contribution in [-0.4, -0.2) is 36.6 Å². The molecule has 7 nitrogen and oxygen atoms in total. The summed E-state index contributed by atoms with van der Waals surface area (Å²) in [7, 11) is -6.75. The number of nitrogens with one attached hydrogen (secondary N) is 1. The van der Waals surface area contributed by atoms with E-state index in [1.807, 2.05) is 37.3 Å². The van der Waals surface area contributed by atoms with Gasteiger partial charge in [-0.05, 0) is 36.1 Å². The van der Waals surface area contributed by atoms with Crippen molar-refractivity contribution >= 4 is 29.8 Å². The van der Waals surface area contributed by atoms with Gasteiger partial charge in [0, 0.05) is 11.1 Å². The van der Waals surface area contributed by atoms with Gasteiger partial charge in [0.2, 0.25) is 0 Å². The van der Waals surface area contributed by atoms with E-state index in [0.717, 1.165) is 18.4 Å². The first-order valence-electron chi connectivity index (χ1n) is 10.8. The summed E-state index contributed by atoms with van der Waals surface area (Å²) in [6, 6.07) is 12.2. The van der Waals surface area contributed by atoms with Gasteiger partial charge >= 0.3 is 7.60 Å². The quantitative estimate of drug-likeness (QED) is 0.438. The van der Waals surface area contributed by atoms with E-state index in [1.54, 1.807) is 6.07 Å². The molecule has 1 heterocycles. The lowest BCUT2D eigenvalue weighted by Gasteiger charge is -2.36. The summed E-state index contributed by atoms with van der Waals surface area (Å²) in [4.78, 5) is 19.2. The molecular formula is C23H33ClNO6PS. The first-order chi connectivity index (χ1) is 15.0. The van der Waals surface area contributed by atoms with Gasteiger partial charge in [0.1, 0.15) is 5.75 Å². The Hall–Kier alpha value is -1.41. The highest BCUT2D eigenvalue weighted by molar-refractivity contribution is 7.91. The van der Waals surface area contributed by atoms with Crippen LogP contribution in [0.15, 0.2) is 47.4 Å². The van der Waals surface area contributed by atoms with Gasteiger partial charge in [0.25, 0.3) is 0 Å².